The van der Waals surface area contributed by atoms with Crippen LogP contribution in [0.5, 0.6) is 0 Å². The SMILES string of the molecule is CC[C@H](C)[C@H](C[C@H](O)CC(=O)O[C@@H]1C[C@@H](O[C@@H]2O[C@@H](C)[C@H](OC3=C(O)[C@@H](O)[C@H](O)CO3)[C@@H](O[C@@H]3O[C@H](CO)[C@@H](O)[C@H](O)[C@H]3O)[C@H]2O)[C@H](OC(=O)[C@]23CCC(C)(C)C[C@H]2C2=CCC4[C@@]5(C)CC[C@H](O[C@H]6C[C@@H](O[C@@H]7OC[C@@H](O)C(O)=C7O)[C@H](O)[C@@H](C(=O)O)O6)[C@@](C)(C=O)[C@@H]5CC[C@@]4(C)[C@]2(C)C[C@H]3O)O[C@@H]1C)OC(=O)C[C@@H](O)C[C@H](O)[C@@H](C)CC. The van der Waals surface area contributed by atoms with E-state index in [2.05, 4.69) is 40.7 Å². The van der Waals surface area contributed by atoms with E-state index >= 15 is 4.79 Å². The van der Waals surface area contributed by atoms with Gasteiger partial charge in [0.25, 0.3) is 0 Å². The number of carboxylic acids is 1. The molecule has 1 unspecified atom stereocenters. The molecule has 36 nitrogen and oxygen atoms in total. The molecular weight excluding hydrogens is 1560 g/mol. The number of carboxylic acid groups (broad SMARTS) is 1. The van der Waals surface area contributed by atoms with Crippen LogP contribution >= 0.6 is 0 Å². The molecule has 38 atom stereocenters. The smallest absolute Gasteiger partial charge is 0.335 e. The second-order valence-electron chi connectivity index (χ2n) is 37.0. The Morgan fingerprint density at radius 3 is 1.98 bits per heavy atom. The van der Waals surface area contributed by atoms with Gasteiger partial charge in [-0.05, 0) is 123 Å². The summed E-state index contributed by atoms with van der Waals surface area (Å²) >= 11 is 0. The molecule has 0 aromatic heterocycles. The summed E-state index contributed by atoms with van der Waals surface area (Å²) in [5.74, 6) is -9.25. The first-order valence-corrected chi connectivity index (χ1v) is 41.8. The van der Waals surface area contributed by atoms with Gasteiger partial charge in [-0.3, -0.25) is 14.4 Å². The molecule has 6 heterocycles. The van der Waals surface area contributed by atoms with Crippen LogP contribution in [0.1, 0.15) is 192 Å². The van der Waals surface area contributed by atoms with Gasteiger partial charge in [0.05, 0.1) is 80.3 Å². The van der Waals surface area contributed by atoms with E-state index in [0.29, 0.717) is 51.4 Å². The fourth-order valence-electron chi connectivity index (χ4n) is 21.1. The average molecular weight is 1690 g/mol. The molecule has 5 aliphatic carbocycles. The molecule has 0 bridgehead atoms. The van der Waals surface area contributed by atoms with Crippen LogP contribution in [0.3, 0.4) is 0 Å². The van der Waals surface area contributed by atoms with Crippen LogP contribution in [0.2, 0.25) is 0 Å². The van der Waals surface area contributed by atoms with Gasteiger partial charge in [-0.1, -0.05) is 93.7 Å². The van der Waals surface area contributed by atoms with Gasteiger partial charge in [-0.2, -0.15) is 0 Å². The Balaban J connectivity index is 0.868. The summed E-state index contributed by atoms with van der Waals surface area (Å²) in [5, 5.41) is 186. The number of aliphatic carboxylic acids is 1. The van der Waals surface area contributed by atoms with E-state index < -0.39 is 296 Å². The normalized spacial score (nSPS) is 44.7. The highest BCUT2D eigenvalue weighted by molar-refractivity contribution is 5.80. The number of aldehydes is 1. The number of aliphatic hydroxyl groups excluding tert-OH is 16. The van der Waals surface area contributed by atoms with Gasteiger partial charge in [0, 0.05) is 25.7 Å². The van der Waals surface area contributed by atoms with Gasteiger partial charge in [0.1, 0.15) is 97.7 Å². The predicted octanol–water partition coefficient (Wildman–Crippen LogP) is 2.09. The standard InChI is InChI=1S/C82H128O36/c1-13-35(3)43(87)23-39(85)25-55(91)109-46(36(4)14-2)24-40(86)26-56(92)110-47-27-49(112-75-66(101)68(117-74-65(100)62(97)60(95)50(31-83)113-74)67(38(6)108-75)116-73-64(99)59(94)45(89)33-106-73)71(107-37(47)5)118-76(104)82-22-21-77(7,8)29-42(82)41-15-16-52-78(9)19-18-54(79(10,34-84)51(78)17-20-80(52,11)81(41,12)30-53(82)90)114-57-28-48(61(96)69(115-57)70(102)103)111-72-63(98)58(93)44(88)32-105-72/h15,34-40,42-54,57,59-62,65-69,71-72,74-75,83,85-90,93-101H,13-14,16-33H2,1-12H3,(H,102,103)/t35-,36-,37+,38-,39-,40-,42-,43-,44+,45+,46-,47+,48+,49+,50+,51+,52?,53+,54-,57+,59-,60+,61-,62-,65+,66+,67-,68-,69-,71-,72-,74-,75-,78-,79-,80+,81+,82+/m0/s1. The number of ether oxygens (including phenoxy) is 14. The van der Waals surface area contributed by atoms with Gasteiger partial charge in [0.15, 0.2) is 42.6 Å². The molecule has 4 saturated heterocycles. The van der Waals surface area contributed by atoms with Crippen molar-refractivity contribution < 1.29 is 177 Å². The molecule has 118 heavy (non-hydrogen) atoms. The predicted molar refractivity (Wildman–Crippen MR) is 402 cm³/mol. The Morgan fingerprint density at radius 1 is 0.644 bits per heavy atom. The lowest BCUT2D eigenvalue weighted by atomic mass is 9.33. The number of fused-ring (bicyclic) bond motifs is 7. The molecule has 8 fully saturated rings. The third-order valence-electron chi connectivity index (χ3n) is 29.0. The van der Waals surface area contributed by atoms with Crippen molar-refractivity contribution in [3.63, 3.8) is 0 Å². The summed E-state index contributed by atoms with van der Waals surface area (Å²) in [6.07, 6.45) is -39.0. The van der Waals surface area contributed by atoms with Gasteiger partial charge in [0.2, 0.25) is 18.3 Å². The van der Waals surface area contributed by atoms with E-state index in [1.807, 2.05) is 27.7 Å². The molecule has 0 spiro atoms. The summed E-state index contributed by atoms with van der Waals surface area (Å²) in [7, 11) is 0. The van der Waals surface area contributed by atoms with Crippen LogP contribution in [0.4, 0.5) is 0 Å². The molecule has 0 aromatic carbocycles. The topological polar surface area (TPSA) is 558 Å². The van der Waals surface area contributed by atoms with Crippen molar-refractivity contribution >= 4 is 30.2 Å². The van der Waals surface area contributed by atoms with Crippen LogP contribution in [-0.2, 0) is 90.3 Å². The first-order valence-electron chi connectivity index (χ1n) is 41.8. The highest BCUT2D eigenvalue weighted by Gasteiger charge is 2.73. The minimum absolute atomic E-state index is 0.0606. The van der Waals surface area contributed by atoms with Crippen molar-refractivity contribution in [1.29, 1.82) is 0 Å². The van der Waals surface area contributed by atoms with Gasteiger partial charge >= 0.3 is 29.8 Å². The van der Waals surface area contributed by atoms with Gasteiger partial charge in [-0.25, -0.2) is 4.79 Å². The zero-order chi connectivity index (χ0) is 86.7. The molecule has 0 aromatic rings. The number of hydrogen-bond donors (Lipinski definition) is 17. The maximum absolute atomic E-state index is 16.3. The molecule has 36 heteroatoms. The Kier molecular flexibility index (Phi) is 29.3. The first kappa shape index (κ1) is 93.6. The minimum Gasteiger partial charge on any atom is -0.506 e. The number of esters is 3. The van der Waals surface area contributed by atoms with Crippen molar-refractivity contribution in [2.45, 2.75) is 364 Å². The van der Waals surface area contributed by atoms with Crippen LogP contribution in [0.15, 0.2) is 34.9 Å². The second kappa shape index (κ2) is 37.0. The molecular formula is C82H128O36. The fourth-order valence-corrected chi connectivity index (χ4v) is 21.1. The zero-order valence-corrected chi connectivity index (χ0v) is 69.2. The number of rotatable bonds is 29. The third-order valence-corrected chi connectivity index (χ3v) is 29.0. The van der Waals surface area contributed by atoms with E-state index in [-0.39, 0.29) is 62.2 Å². The highest BCUT2D eigenvalue weighted by atomic mass is 16.8. The lowest BCUT2D eigenvalue weighted by molar-refractivity contribution is -0.375. The Hall–Kier alpha value is -5.11. The minimum atomic E-state index is -2.14. The van der Waals surface area contributed by atoms with E-state index in [1.54, 1.807) is 6.92 Å². The largest absolute Gasteiger partial charge is 0.506 e. The van der Waals surface area contributed by atoms with Gasteiger partial charge < -0.3 is 158 Å². The molecule has 11 rings (SSSR count). The summed E-state index contributed by atoms with van der Waals surface area (Å²) in [4.78, 5) is 70.4. The fraction of sp³-hybridized carbons (Fsp3) is 0.866. The first-order chi connectivity index (χ1) is 55.3. The molecule has 4 saturated carbocycles. The van der Waals surface area contributed by atoms with E-state index in [9.17, 15) is 106 Å². The third kappa shape index (κ3) is 18.2. The molecule has 11 aliphatic rings. The summed E-state index contributed by atoms with van der Waals surface area (Å²) in [5.41, 5.74) is -4.40. The van der Waals surface area contributed by atoms with E-state index in [0.717, 1.165) is 11.9 Å². The molecule has 672 valence electrons. The van der Waals surface area contributed by atoms with E-state index in [4.69, 9.17) is 66.3 Å². The van der Waals surface area contributed by atoms with Crippen LogP contribution in [0.25, 0.3) is 0 Å². The molecule has 0 radical (unpaired) electrons. The van der Waals surface area contributed by atoms with Crippen molar-refractivity contribution in [2.75, 3.05) is 19.8 Å². The van der Waals surface area contributed by atoms with Crippen LogP contribution in [0, 0.1) is 62.1 Å². The van der Waals surface area contributed by atoms with Crippen molar-refractivity contribution in [3.8, 4) is 0 Å². The number of carbonyl (C=O) groups is 5. The van der Waals surface area contributed by atoms with Crippen molar-refractivity contribution in [2.24, 2.45) is 62.1 Å². The van der Waals surface area contributed by atoms with E-state index in [1.165, 1.54) is 13.8 Å². The Bertz CT molecular complexity index is 3590. The number of carbonyl (C=O) groups excluding carboxylic acids is 4. The maximum atomic E-state index is 16.3. The number of aliphatic hydroxyl groups is 16. The van der Waals surface area contributed by atoms with Crippen molar-refractivity contribution in [3.05, 3.63) is 34.9 Å². The Morgan fingerprint density at radius 2 is 1.31 bits per heavy atom. The van der Waals surface area contributed by atoms with Crippen molar-refractivity contribution in [1.82, 2.24) is 0 Å². The highest BCUT2D eigenvalue weighted by Crippen LogP contribution is 2.76. The van der Waals surface area contributed by atoms with Gasteiger partial charge in [-0.15, -0.1) is 0 Å². The summed E-state index contributed by atoms with van der Waals surface area (Å²) in [6.45, 7) is 20.8. The second-order valence-corrected chi connectivity index (χ2v) is 37.0. The van der Waals surface area contributed by atoms with Crippen LogP contribution < -0.4 is 0 Å². The zero-order valence-electron chi connectivity index (χ0n) is 69.2. The lowest BCUT2D eigenvalue weighted by Crippen LogP contribution is -2.68. The molecule has 0 amide bonds. The lowest BCUT2D eigenvalue weighted by Gasteiger charge is -2.71. The monoisotopic (exact) mass is 1690 g/mol. The summed E-state index contributed by atoms with van der Waals surface area (Å²) in [6, 6.07) is 0. The number of allylic oxidation sites excluding steroid dienone is 2. The maximum Gasteiger partial charge on any atom is 0.335 e. The Labute approximate surface area is 685 Å². The molecule has 6 aliphatic heterocycles. The quantitative estimate of drug-likeness (QED) is 0.0168. The molecule has 17 N–H and O–H groups in total. The van der Waals surface area contributed by atoms with Crippen LogP contribution in [-0.4, -0.2) is 309 Å². The number of hydrogen-bond acceptors (Lipinski definition) is 35. The summed E-state index contributed by atoms with van der Waals surface area (Å²) < 4.78 is 85.5. The average Bonchev–Trinajstić information content (AvgIpc) is 0.669.